The summed E-state index contributed by atoms with van der Waals surface area (Å²) in [6.45, 7) is 6.44. The van der Waals surface area contributed by atoms with Crippen LogP contribution in [-0.4, -0.2) is 145 Å². The normalized spacial score (nSPS) is 19.9. The third-order valence-electron chi connectivity index (χ3n) is 17.1. The number of amides is 6. The van der Waals surface area contributed by atoms with Crippen LogP contribution in [0.3, 0.4) is 0 Å². The Kier molecular flexibility index (Phi) is 20.1. The molecule has 14 heteroatoms. The first kappa shape index (κ1) is 56.1. The Hall–Kier alpha value is -6.12. The van der Waals surface area contributed by atoms with E-state index in [9.17, 15) is 28.8 Å². The van der Waals surface area contributed by atoms with Gasteiger partial charge in [0.15, 0.2) is 0 Å². The first-order chi connectivity index (χ1) is 36.9. The highest BCUT2D eigenvalue weighted by atomic mass is 16.2. The first-order valence-corrected chi connectivity index (χ1v) is 28.7. The lowest BCUT2D eigenvalue weighted by Crippen LogP contribution is -2.57. The van der Waals surface area contributed by atoms with Gasteiger partial charge < -0.3 is 40.9 Å². The van der Waals surface area contributed by atoms with E-state index >= 15 is 0 Å². The van der Waals surface area contributed by atoms with Gasteiger partial charge in [-0.05, 0) is 150 Å². The van der Waals surface area contributed by atoms with Gasteiger partial charge in [-0.2, -0.15) is 0 Å². The maximum absolute atomic E-state index is 14.9. The Morgan fingerprint density at radius 2 is 0.882 bits per heavy atom. The zero-order valence-corrected chi connectivity index (χ0v) is 45.7. The van der Waals surface area contributed by atoms with E-state index < -0.39 is 24.2 Å². The SMILES string of the molecule is CN[C@@H](C)C(=O)N[C@H](C(=O)N1CCC[C@H]1CN(CCc1ccccc1)C(=O)c1ccc2cc(C(=O)N(CCc3ccccc3)C[C@@H]3CCCN3C(=O)[C@@H](NC(=O)[C@H](C)NC)C3CCCCC3)ccc2c1)C1CCCCC1. The van der Waals surface area contributed by atoms with Crippen LogP contribution in [0.4, 0.5) is 0 Å². The fourth-order valence-electron chi connectivity index (χ4n) is 12.3. The molecule has 6 atom stereocenters. The van der Waals surface area contributed by atoms with Crippen molar-refractivity contribution in [3.05, 3.63) is 119 Å². The second-order valence-corrected chi connectivity index (χ2v) is 22.2. The molecule has 0 bridgehead atoms. The van der Waals surface area contributed by atoms with Crippen LogP contribution in [0.25, 0.3) is 10.8 Å². The molecule has 0 unspecified atom stereocenters. The third-order valence-corrected chi connectivity index (χ3v) is 17.1. The second-order valence-electron chi connectivity index (χ2n) is 22.2. The first-order valence-electron chi connectivity index (χ1n) is 28.7. The van der Waals surface area contributed by atoms with Gasteiger partial charge in [0, 0.05) is 62.5 Å². The molecule has 2 aliphatic carbocycles. The molecule has 2 saturated heterocycles. The van der Waals surface area contributed by atoms with E-state index in [2.05, 4.69) is 45.5 Å². The number of benzene rings is 4. The second kappa shape index (κ2) is 27.3. The molecule has 2 aliphatic heterocycles. The summed E-state index contributed by atoms with van der Waals surface area (Å²) in [4.78, 5) is 93.3. The molecule has 76 heavy (non-hydrogen) atoms. The Morgan fingerprint density at radius 1 is 0.500 bits per heavy atom. The number of nitrogens with one attached hydrogen (secondary N) is 4. The molecule has 4 N–H and O–H groups in total. The van der Waals surface area contributed by atoms with E-state index in [-0.39, 0.29) is 59.4 Å². The summed E-state index contributed by atoms with van der Waals surface area (Å²) in [5.74, 6) is -0.555. The number of carbonyl (C=O) groups excluding carboxylic acids is 6. The summed E-state index contributed by atoms with van der Waals surface area (Å²) >= 11 is 0. The van der Waals surface area contributed by atoms with Gasteiger partial charge in [-0.3, -0.25) is 28.8 Å². The minimum Gasteiger partial charge on any atom is -0.343 e. The molecular formula is C62H84N8O6. The van der Waals surface area contributed by atoms with E-state index in [0.29, 0.717) is 63.2 Å². The zero-order valence-electron chi connectivity index (χ0n) is 45.7. The van der Waals surface area contributed by atoms with Crippen molar-refractivity contribution in [2.75, 3.05) is 53.4 Å². The fourth-order valence-corrected chi connectivity index (χ4v) is 12.3. The number of likely N-dealkylation sites (tertiary alicyclic amines) is 2. The number of rotatable bonds is 22. The van der Waals surface area contributed by atoms with Gasteiger partial charge in [0.05, 0.1) is 12.1 Å². The summed E-state index contributed by atoms with van der Waals surface area (Å²) in [5, 5.41) is 14.0. The largest absolute Gasteiger partial charge is 0.343 e. The molecule has 0 aromatic heterocycles. The number of carbonyl (C=O) groups is 6. The van der Waals surface area contributed by atoms with Gasteiger partial charge in [0.25, 0.3) is 11.8 Å². The maximum Gasteiger partial charge on any atom is 0.253 e. The molecule has 0 spiro atoms. The molecule has 8 rings (SSSR count). The van der Waals surface area contributed by atoms with Crippen LogP contribution in [-0.2, 0) is 32.0 Å². The molecule has 408 valence electrons. The minimum atomic E-state index is -0.607. The number of hydrogen-bond donors (Lipinski definition) is 4. The van der Waals surface area contributed by atoms with Crippen LogP contribution in [0.1, 0.15) is 136 Å². The predicted molar refractivity (Wildman–Crippen MR) is 300 cm³/mol. The van der Waals surface area contributed by atoms with Crippen molar-refractivity contribution in [1.82, 2.24) is 40.9 Å². The van der Waals surface area contributed by atoms with Gasteiger partial charge in [-0.1, -0.05) is 111 Å². The molecular weight excluding hydrogens is 953 g/mol. The zero-order chi connectivity index (χ0) is 53.6. The van der Waals surface area contributed by atoms with Crippen molar-refractivity contribution in [2.45, 2.75) is 153 Å². The smallest absolute Gasteiger partial charge is 0.253 e. The average Bonchev–Trinajstić information content (AvgIpc) is 4.15. The highest BCUT2D eigenvalue weighted by Gasteiger charge is 2.41. The minimum absolute atomic E-state index is 0.0472. The number of nitrogens with zero attached hydrogens (tertiary/aromatic N) is 4. The molecule has 4 fully saturated rings. The molecule has 2 heterocycles. The lowest BCUT2D eigenvalue weighted by molar-refractivity contribution is -0.139. The summed E-state index contributed by atoms with van der Waals surface area (Å²) in [6.07, 6.45) is 14.5. The molecule has 4 aliphatic rings. The van der Waals surface area contributed by atoms with Crippen molar-refractivity contribution in [2.24, 2.45) is 11.8 Å². The maximum atomic E-state index is 14.9. The Bertz CT molecular complexity index is 2410. The summed E-state index contributed by atoms with van der Waals surface area (Å²) in [6, 6.07) is 29.2. The lowest BCUT2D eigenvalue weighted by Gasteiger charge is -2.37. The van der Waals surface area contributed by atoms with E-state index in [4.69, 9.17) is 0 Å². The molecule has 0 radical (unpaired) electrons. The van der Waals surface area contributed by atoms with Crippen LogP contribution >= 0.6 is 0 Å². The molecule has 4 aromatic rings. The number of hydrogen-bond acceptors (Lipinski definition) is 8. The Balaban J connectivity index is 1.01. The van der Waals surface area contributed by atoms with Crippen LogP contribution in [0.2, 0.25) is 0 Å². The number of fused-ring (bicyclic) bond motifs is 1. The third kappa shape index (κ3) is 14.3. The predicted octanol–water partition coefficient (Wildman–Crippen LogP) is 7.54. The van der Waals surface area contributed by atoms with Crippen LogP contribution in [0, 0.1) is 11.8 Å². The van der Waals surface area contributed by atoms with E-state index in [0.717, 1.165) is 112 Å². The van der Waals surface area contributed by atoms with E-state index in [1.54, 1.807) is 27.9 Å². The summed E-state index contributed by atoms with van der Waals surface area (Å²) in [5.41, 5.74) is 3.29. The average molecular weight is 1040 g/mol. The lowest BCUT2D eigenvalue weighted by atomic mass is 9.83. The van der Waals surface area contributed by atoms with Crippen LogP contribution in [0.5, 0.6) is 0 Å². The molecule has 4 aromatic carbocycles. The Morgan fingerprint density at radius 3 is 1.25 bits per heavy atom. The van der Waals surface area contributed by atoms with Gasteiger partial charge in [-0.15, -0.1) is 0 Å². The van der Waals surface area contributed by atoms with Crippen molar-refractivity contribution in [3.8, 4) is 0 Å². The molecule has 2 saturated carbocycles. The fraction of sp³-hybridized carbons (Fsp3) is 0.548. The summed E-state index contributed by atoms with van der Waals surface area (Å²) < 4.78 is 0. The quantitative estimate of drug-likeness (QED) is 0.0628. The van der Waals surface area contributed by atoms with Crippen molar-refractivity contribution in [1.29, 1.82) is 0 Å². The van der Waals surface area contributed by atoms with Gasteiger partial charge in [-0.25, -0.2) is 0 Å². The summed E-state index contributed by atoms with van der Waals surface area (Å²) in [7, 11) is 3.50. The topological polar surface area (TPSA) is 163 Å². The van der Waals surface area contributed by atoms with Crippen molar-refractivity contribution >= 4 is 46.2 Å². The van der Waals surface area contributed by atoms with Gasteiger partial charge >= 0.3 is 0 Å². The molecule has 14 nitrogen and oxygen atoms in total. The monoisotopic (exact) mass is 1040 g/mol. The Labute approximate surface area is 451 Å². The van der Waals surface area contributed by atoms with Crippen LogP contribution in [0.15, 0.2) is 97.1 Å². The standard InChI is InChI=1S/C62H84N8O6/c1-43(63-3)57(71)65-55(47-23-13-7-14-24-47)61(75)69-35-17-27-53(69)41-67(37-33-45-19-9-5-10-20-45)59(73)51-31-29-50-40-52(32-30-49(50)39-51)60(74)68(38-34-46-21-11-6-12-22-46)42-54-28-18-36-70(54)62(76)56(48-25-15-8-16-26-48)66-58(72)44(2)64-4/h5-6,9-12,19-22,29-32,39-40,43-44,47-48,53-56,63-64H,7-8,13-18,23-28,33-38,41-42H2,1-4H3,(H,65,71)(H,66,72)/t43-,44-,53-,54-,55-,56-/m0/s1. The molecule has 6 amide bonds. The van der Waals surface area contributed by atoms with E-state index in [1.807, 2.05) is 92.4 Å². The van der Waals surface area contributed by atoms with Crippen LogP contribution < -0.4 is 21.3 Å². The highest BCUT2D eigenvalue weighted by molar-refractivity contribution is 6.02. The number of likely N-dealkylation sites (N-methyl/N-ethyl adjacent to an activating group) is 2. The van der Waals surface area contributed by atoms with Gasteiger partial charge in [0.1, 0.15) is 12.1 Å². The van der Waals surface area contributed by atoms with E-state index in [1.165, 1.54) is 0 Å². The van der Waals surface area contributed by atoms with Crippen molar-refractivity contribution < 1.29 is 28.8 Å². The van der Waals surface area contributed by atoms with Crippen molar-refractivity contribution in [3.63, 3.8) is 0 Å². The van der Waals surface area contributed by atoms with Gasteiger partial charge in [0.2, 0.25) is 23.6 Å². The highest BCUT2D eigenvalue weighted by Crippen LogP contribution is 2.32.